The van der Waals surface area contributed by atoms with Gasteiger partial charge in [-0.15, -0.1) is 13.2 Å². The van der Waals surface area contributed by atoms with Crippen LogP contribution >= 0.6 is 0 Å². The number of hydrogen-bond donors (Lipinski definition) is 0. The number of amides is 1. The van der Waals surface area contributed by atoms with Crippen molar-refractivity contribution in [1.82, 2.24) is 4.31 Å². The molecule has 0 fully saturated rings. The normalized spacial score (nSPS) is 14.4. The second-order valence-corrected chi connectivity index (χ2v) is 7.40. The number of rotatable bonds is 6. The molecule has 1 aliphatic rings. The molecule has 1 aromatic carbocycles. The minimum atomic E-state index is -3.61. The van der Waals surface area contributed by atoms with Gasteiger partial charge in [0.1, 0.15) is 0 Å². The van der Waals surface area contributed by atoms with E-state index >= 15 is 0 Å². The van der Waals surface area contributed by atoms with Crippen molar-refractivity contribution in [3.8, 4) is 0 Å². The van der Waals surface area contributed by atoms with E-state index in [1.807, 2.05) is 0 Å². The van der Waals surface area contributed by atoms with E-state index in [1.165, 1.54) is 11.2 Å². The lowest BCUT2D eigenvalue weighted by Crippen LogP contribution is -2.34. The lowest BCUT2D eigenvalue weighted by Gasteiger charge is -2.29. The third-order valence-corrected chi connectivity index (χ3v) is 5.68. The zero-order valence-electron chi connectivity index (χ0n) is 13.4. The van der Waals surface area contributed by atoms with Gasteiger partial charge in [-0.05, 0) is 36.6 Å². The highest BCUT2D eigenvalue weighted by Gasteiger charge is 2.26. The van der Waals surface area contributed by atoms with Gasteiger partial charge < -0.3 is 4.90 Å². The van der Waals surface area contributed by atoms with E-state index in [9.17, 15) is 13.2 Å². The number of carbonyl (C=O) groups excluding carboxylic acids is 1. The summed E-state index contributed by atoms with van der Waals surface area (Å²) in [5.41, 5.74) is 1.70. The molecule has 5 nitrogen and oxygen atoms in total. The van der Waals surface area contributed by atoms with Crippen LogP contribution in [0.1, 0.15) is 18.9 Å². The van der Waals surface area contributed by atoms with Crippen LogP contribution in [-0.2, 0) is 21.2 Å². The average molecular weight is 334 g/mol. The van der Waals surface area contributed by atoms with Gasteiger partial charge in [-0.2, -0.15) is 4.31 Å². The summed E-state index contributed by atoms with van der Waals surface area (Å²) < 4.78 is 26.8. The maximum atomic E-state index is 12.8. The predicted molar refractivity (Wildman–Crippen MR) is 91.9 cm³/mol. The Hall–Kier alpha value is -1.92. The molecule has 0 aliphatic carbocycles. The Morgan fingerprint density at radius 1 is 1.30 bits per heavy atom. The van der Waals surface area contributed by atoms with Crippen molar-refractivity contribution in [1.29, 1.82) is 0 Å². The maximum absolute atomic E-state index is 12.8. The number of benzene rings is 1. The van der Waals surface area contributed by atoms with Crippen molar-refractivity contribution in [3.05, 3.63) is 49.1 Å². The Kier molecular flexibility index (Phi) is 5.38. The first-order valence-electron chi connectivity index (χ1n) is 7.54. The number of nitrogens with zero attached hydrogens (tertiary/aromatic N) is 2. The van der Waals surface area contributed by atoms with Gasteiger partial charge >= 0.3 is 0 Å². The molecule has 1 heterocycles. The fourth-order valence-corrected chi connectivity index (χ4v) is 4.20. The molecule has 0 aromatic heterocycles. The standard InChI is InChI=1S/C17H22N2O3S/c1-4-10-18(11-5-2)23(21,22)16-8-9-17-15(13-16)7-6-12-19(17)14(3)20/h4-5,8-9,13H,1-2,6-7,10-12H2,3H3. The van der Waals surface area contributed by atoms with Crippen LogP contribution in [0.25, 0.3) is 0 Å². The van der Waals surface area contributed by atoms with Crippen molar-refractivity contribution < 1.29 is 13.2 Å². The third-order valence-electron chi connectivity index (χ3n) is 3.85. The Morgan fingerprint density at radius 3 is 2.52 bits per heavy atom. The van der Waals surface area contributed by atoms with Crippen molar-refractivity contribution in [2.75, 3.05) is 24.5 Å². The molecule has 6 heteroatoms. The molecule has 0 spiro atoms. The summed E-state index contributed by atoms with van der Waals surface area (Å²) in [6.45, 7) is 9.86. The van der Waals surface area contributed by atoms with Crippen molar-refractivity contribution in [2.45, 2.75) is 24.7 Å². The highest BCUT2D eigenvalue weighted by molar-refractivity contribution is 7.89. The number of sulfonamides is 1. The number of aryl methyl sites for hydroxylation is 1. The second kappa shape index (κ2) is 7.10. The first kappa shape index (κ1) is 17.4. The summed E-state index contributed by atoms with van der Waals surface area (Å²) in [7, 11) is -3.61. The molecule has 0 N–H and O–H groups in total. The molecule has 23 heavy (non-hydrogen) atoms. The zero-order chi connectivity index (χ0) is 17.0. The zero-order valence-corrected chi connectivity index (χ0v) is 14.2. The van der Waals surface area contributed by atoms with E-state index < -0.39 is 10.0 Å². The molecule has 0 atom stereocenters. The molecule has 0 radical (unpaired) electrons. The molecule has 1 aliphatic heterocycles. The van der Waals surface area contributed by atoms with Gasteiger partial charge in [0.2, 0.25) is 15.9 Å². The van der Waals surface area contributed by atoms with E-state index in [0.29, 0.717) is 6.54 Å². The van der Waals surface area contributed by atoms with Gasteiger partial charge in [0, 0.05) is 32.2 Å². The molecular formula is C17H22N2O3S. The number of fused-ring (bicyclic) bond motifs is 1. The Morgan fingerprint density at radius 2 is 1.96 bits per heavy atom. The van der Waals surface area contributed by atoms with Gasteiger partial charge in [0.25, 0.3) is 0 Å². The lowest BCUT2D eigenvalue weighted by molar-refractivity contribution is -0.116. The Bertz CT molecular complexity index is 715. The number of carbonyl (C=O) groups is 1. The quantitative estimate of drug-likeness (QED) is 0.750. The highest BCUT2D eigenvalue weighted by atomic mass is 32.2. The average Bonchev–Trinajstić information content (AvgIpc) is 2.53. The monoisotopic (exact) mass is 334 g/mol. The van der Waals surface area contributed by atoms with Crippen molar-refractivity contribution >= 4 is 21.6 Å². The van der Waals surface area contributed by atoms with Gasteiger partial charge in [-0.25, -0.2) is 8.42 Å². The molecule has 1 amide bonds. The van der Waals surface area contributed by atoms with Crippen LogP contribution in [0.3, 0.4) is 0 Å². The van der Waals surface area contributed by atoms with Gasteiger partial charge in [-0.1, -0.05) is 12.2 Å². The van der Waals surface area contributed by atoms with Crippen molar-refractivity contribution in [2.24, 2.45) is 0 Å². The van der Waals surface area contributed by atoms with E-state index in [-0.39, 0.29) is 23.9 Å². The molecule has 0 saturated heterocycles. The van der Waals surface area contributed by atoms with Crippen LogP contribution < -0.4 is 4.90 Å². The fourth-order valence-electron chi connectivity index (χ4n) is 2.77. The van der Waals surface area contributed by atoms with Gasteiger partial charge in [0.15, 0.2) is 0 Å². The Labute approximate surface area is 138 Å². The van der Waals surface area contributed by atoms with Crippen LogP contribution in [0, 0.1) is 0 Å². The lowest BCUT2D eigenvalue weighted by atomic mass is 10.0. The van der Waals surface area contributed by atoms with Gasteiger partial charge in [0.05, 0.1) is 4.90 Å². The van der Waals surface area contributed by atoms with Crippen LogP contribution in [-0.4, -0.2) is 38.3 Å². The molecular weight excluding hydrogens is 312 g/mol. The Balaban J connectivity index is 2.43. The van der Waals surface area contributed by atoms with Crippen LogP contribution in [0.2, 0.25) is 0 Å². The van der Waals surface area contributed by atoms with Crippen LogP contribution in [0.15, 0.2) is 48.4 Å². The number of anilines is 1. The molecule has 1 aromatic rings. The largest absolute Gasteiger partial charge is 0.312 e. The summed E-state index contributed by atoms with van der Waals surface area (Å²) >= 11 is 0. The number of hydrogen-bond acceptors (Lipinski definition) is 3. The van der Waals surface area contributed by atoms with Gasteiger partial charge in [-0.3, -0.25) is 4.79 Å². The maximum Gasteiger partial charge on any atom is 0.243 e. The first-order valence-corrected chi connectivity index (χ1v) is 8.98. The molecule has 0 bridgehead atoms. The van der Waals surface area contributed by atoms with E-state index in [2.05, 4.69) is 13.2 Å². The molecule has 2 rings (SSSR count). The summed E-state index contributed by atoms with van der Waals surface area (Å²) in [5, 5.41) is 0. The van der Waals surface area contributed by atoms with E-state index in [4.69, 9.17) is 0 Å². The topological polar surface area (TPSA) is 57.7 Å². The second-order valence-electron chi connectivity index (χ2n) is 5.46. The van der Waals surface area contributed by atoms with E-state index in [1.54, 1.807) is 35.3 Å². The minimum absolute atomic E-state index is 0.0264. The summed E-state index contributed by atoms with van der Waals surface area (Å²) in [6, 6.07) is 4.97. The summed E-state index contributed by atoms with van der Waals surface area (Å²) in [5.74, 6) is -0.0264. The highest BCUT2D eigenvalue weighted by Crippen LogP contribution is 2.30. The smallest absolute Gasteiger partial charge is 0.243 e. The fraction of sp³-hybridized carbons (Fsp3) is 0.353. The third kappa shape index (κ3) is 3.54. The predicted octanol–water partition coefficient (Wildman–Crippen LogP) is 2.35. The summed E-state index contributed by atoms with van der Waals surface area (Å²) in [4.78, 5) is 13.6. The minimum Gasteiger partial charge on any atom is -0.312 e. The SMILES string of the molecule is C=CCN(CC=C)S(=O)(=O)c1ccc2c(c1)CCCN2C(C)=O. The first-order chi connectivity index (χ1) is 10.9. The molecule has 0 saturated carbocycles. The summed E-state index contributed by atoms with van der Waals surface area (Å²) in [6.07, 6.45) is 4.71. The van der Waals surface area contributed by atoms with Crippen LogP contribution in [0.4, 0.5) is 5.69 Å². The molecule has 0 unspecified atom stereocenters. The van der Waals surface area contributed by atoms with Crippen molar-refractivity contribution in [3.63, 3.8) is 0 Å². The van der Waals surface area contributed by atoms with E-state index in [0.717, 1.165) is 24.1 Å². The molecule has 124 valence electrons. The van der Waals surface area contributed by atoms with Crippen LogP contribution in [0.5, 0.6) is 0 Å².